The summed E-state index contributed by atoms with van der Waals surface area (Å²) in [4.78, 5) is 27.7. The molecule has 0 saturated carbocycles. The summed E-state index contributed by atoms with van der Waals surface area (Å²) in [6.45, 7) is 0.641. The Balaban J connectivity index is 1.57. The maximum atomic E-state index is 12.6. The third kappa shape index (κ3) is 5.55. The van der Waals surface area contributed by atoms with Crippen LogP contribution in [0, 0.1) is 0 Å². The molecule has 2 amide bonds. The van der Waals surface area contributed by atoms with Crippen molar-refractivity contribution in [3.63, 3.8) is 0 Å². The first-order valence-corrected chi connectivity index (χ1v) is 9.43. The van der Waals surface area contributed by atoms with Gasteiger partial charge in [-0.15, -0.1) is 11.3 Å². The van der Waals surface area contributed by atoms with E-state index < -0.39 is 5.91 Å². The molecule has 0 aliphatic rings. The van der Waals surface area contributed by atoms with Crippen LogP contribution in [-0.2, 0) is 11.2 Å². The van der Waals surface area contributed by atoms with Crippen LogP contribution in [0.4, 0.5) is 5.13 Å². The Kier molecular flexibility index (Phi) is 6.59. The molecule has 0 unspecified atom stereocenters. The van der Waals surface area contributed by atoms with Gasteiger partial charge in [0.15, 0.2) is 5.13 Å². The zero-order valence-corrected chi connectivity index (χ0v) is 15.8. The van der Waals surface area contributed by atoms with E-state index in [1.807, 2.05) is 30.3 Å². The first-order chi connectivity index (χ1) is 13.6. The molecule has 3 N–H and O–H groups in total. The van der Waals surface area contributed by atoms with Gasteiger partial charge in [-0.1, -0.05) is 30.3 Å². The topological polar surface area (TPSA) is 104 Å². The molecule has 8 heteroatoms. The van der Waals surface area contributed by atoms with E-state index in [2.05, 4.69) is 10.3 Å². The Morgan fingerprint density at radius 1 is 1.00 bits per heavy atom. The van der Waals surface area contributed by atoms with Gasteiger partial charge >= 0.3 is 0 Å². The number of benzene rings is 2. The van der Waals surface area contributed by atoms with Gasteiger partial charge in [0.1, 0.15) is 24.7 Å². The number of nitrogens with two attached hydrogens (primary N) is 1. The van der Waals surface area contributed by atoms with E-state index in [-0.39, 0.29) is 12.3 Å². The van der Waals surface area contributed by atoms with Crippen molar-refractivity contribution in [3.8, 4) is 11.5 Å². The second kappa shape index (κ2) is 9.52. The van der Waals surface area contributed by atoms with Gasteiger partial charge < -0.3 is 15.2 Å². The van der Waals surface area contributed by atoms with Crippen molar-refractivity contribution in [2.24, 2.45) is 5.73 Å². The third-order valence-corrected chi connectivity index (χ3v) is 4.42. The molecule has 28 heavy (non-hydrogen) atoms. The number of rotatable bonds is 9. The smallest absolute Gasteiger partial charge is 0.261 e. The molecule has 1 aromatic heterocycles. The van der Waals surface area contributed by atoms with E-state index in [9.17, 15) is 9.59 Å². The van der Waals surface area contributed by atoms with Gasteiger partial charge in [-0.05, 0) is 24.3 Å². The molecule has 3 rings (SSSR count). The van der Waals surface area contributed by atoms with Crippen LogP contribution < -0.4 is 20.5 Å². The number of thiazole rings is 1. The van der Waals surface area contributed by atoms with Crippen LogP contribution in [0.5, 0.6) is 11.5 Å². The molecule has 0 saturated heterocycles. The van der Waals surface area contributed by atoms with Gasteiger partial charge in [0, 0.05) is 5.38 Å². The molecule has 2 aromatic carbocycles. The van der Waals surface area contributed by atoms with E-state index in [0.717, 1.165) is 5.75 Å². The van der Waals surface area contributed by atoms with Gasteiger partial charge in [0.25, 0.3) is 5.91 Å². The molecule has 3 aromatic rings. The number of anilines is 1. The Hall–Kier alpha value is -3.39. The molecule has 0 fully saturated rings. The lowest BCUT2D eigenvalue weighted by Gasteiger charge is -2.11. The van der Waals surface area contributed by atoms with Crippen molar-refractivity contribution in [1.82, 2.24) is 4.98 Å². The Bertz CT molecular complexity index is 943. The maximum absolute atomic E-state index is 12.6. The molecular formula is C20H19N3O4S. The zero-order chi connectivity index (χ0) is 19.8. The molecule has 144 valence electrons. The molecule has 0 radical (unpaired) electrons. The lowest BCUT2D eigenvalue weighted by molar-refractivity contribution is -0.117. The predicted molar refractivity (Wildman–Crippen MR) is 107 cm³/mol. The van der Waals surface area contributed by atoms with Crippen LogP contribution in [0.2, 0.25) is 0 Å². The van der Waals surface area contributed by atoms with Crippen LogP contribution in [0.15, 0.2) is 60.0 Å². The maximum Gasteiger partial charge on any atom is 0.261 e. The fourth-order valence-electron chi connectivity index (χ4n) is 2.40. The van der Waals surface area contributed by atoms with Crippen molar-refractivity contribution in [2.45, 2.75) is 6.42 Å². The van der Waals surface area contributed by atoms with Crippen molar-refractivity contribution in [2.75, 3.05) is 18.5 Å². The van der Waals surface area contributed by atoms with Crippen molar-refractivity contribution in [1.29, 1.82) is 0 Å². The molecule has 7 nitrogen and oxygen atoms in total. The second-order valence-electron chi connectivity index (χ2n) is 5.75. The van der Waals surface area contributed by atoms with Crippen LogP contribution in [0.25, 0.3) is 0 Å². The Morgan fingerprint density at radius 3 is 2.50 bits per heavy atom. The van der Waals surface area contributed by atoms with Gasteiger partial charge in [-0.2, -0.15) is 0 Å². The van der Waals surface area contributed by atoms with Gasteiger partial charge in [0.2, 0.25) is 5.91 Å². The summed E-state index contributed by atoms with van der Waals surface area (Å²) in [6, 6.07) is 16.4. The fourth-order valence-corrected chi connectivity index (χ4v) is 3.10. The fraction of sp³-hybridized carbons (Fsp3) is 0.150. The molecule has 0 atom stereocenters. The summed E-state index contributed by atoms with van der Waals surface area (Å²) in [6.07, 6.45) is 0.0352. The normalized spacial score (nSPS) is 10.3. The highest BCUT2D eigenvalue weighted by Gasteiger charge is 2.14. The SMILES string of the molecule is NC(=O)Cc1csc(NC(=O)c2ccccc2OCCOc2ccccc2)n1. The van der Waals surface area contributed by atoms with Crippen molar-refractivity contribution < 1.29 is 19.1 Å². The highest BCUT2D eigenvalue weighted by atomic mass is 32.1. The van der Waals surface area contributed by atoms with Crippen LogP contribution in [0.1, 0.15) is 16.1 Å². The van der Waals surface area contributed by atoms with E-state index in [1.54, 1.807) is 29.6 Å². The number of hydrogen-bond donors (Lipinski definition) is 2. The Morgan fingerprint density at radius 2 is 1.71 bits per heavy atom. The number of carbonyl (C=O) groups excluding carboxylic acids is 2. The summed E-state index contributed by atoms with van der Waals surface area (Å²) < 4.78 is 11.3. The first kappa shape index (κ1) is 19.4. The Labute approximate surface area is 166 Å². The van der Waals surface area contributed by atoms with Gasteiger partial charge in [-0.25, -0.2) is 4.98 Å². The number of ether oxygens (including phenoxy) is 2. The standard InChI is InChI=1S/C20H19N3O4S/c21-18(24)12-14-13-28-20(22-14)23-19(25)16-8-4-5-9-17(16)27-11-10-26-15-6-2-1-3-7-15/h1-9,13H,10-12H2,(H2,21,24)(H,22,23,25). The molecule has 1 heterocycles. The molecular weight excluding hydrogens is 378 g/mol. The lowest BCUT2D eigenvalue weighted by Crippen LogP contribution is -2.16. The largest absolute Gasteiger partial charge is 0.490 e. The van der Waals surface area contributed by atoms with E-state index in [1.165, 1.54) is 11.3 Å². The van der Waals surface area contributed by atoms with E-state index in [0.29, 0.717) is 35.4 Å². The van der Waals surface area contributed by atoms with Crippen molar-refractivity contribution in [3.05, 3.63) is 71.2 Å². The minimum absolute atomic E-state index is 0.0352. The molecule has 0 spiro atoms. The zero-order valence-electron chi connectivity index (χ0n) is 15.0. The van der Waals surface area contributed by atoms with Crippen LogP contribution in [-0.4, -0.2) is 30.0 Å². The third-order valence-electron chi connectivity index (χ3n) is 3.61. The summed E-state index contributed by atoms with van der Waals surface area (Å²) in [5.41, 5.74) is 6.06. The number of hydrogen-bond acceptors (Lipinski definition) is 6. The predicted octanol–water partition coefficient (Wildman–Crippen LogP) is 2.88. The van der Waals surface area contributed by atoms with Crippen molar-refractivity contribution >= 4 is 28.3 Å². The summed E-state index contributed by atoms with van der Waals surface area (Å²) >= 11 is 1.23. The van der Waals surface area contributed by atoms with E-state index in [4.69, 9.17) is 15.2 Å². The average molecular weight is 397 g/mol. The summed E-state index contributed by atoms with van der Waals surface area (Å²) in [7, 11) is 0. The minimum Gasteiger partial charge on any atom is -0.490 e. The number of carbonyl (C=O) groups is 2. The molecule has 0 bridgehead atoms. The number of nitrogens with zero attached hydrogens (tertiary/aromatic N) is 1. The summed E-state index contributed by atoms with van der Waals surface area (Å²) in [5.74, 6) is 0.387. The summed E-state index contributed by atoms with van der Waals surface area (Å²) in [5, 5.41) is 4.79. The monoisotopic (exact) mass is 397 g/mol. The molecule has 0 aliphatic carbocycles. The average Bonchev–Trinajstić information content (AvgIpc) is 3.12. The number of nitrogens with one attached hydrogen (secondary N) is 1. The second-order valence-corrected chi connectivity index (χ2v) is 6.61. The highest BCUT2D eigenvalue weighted by Crippen LogP contribution is 2.22. The highest BCUT2D eigenvalue weighted by molar-refractivity contribution is 7.14. The first-order valence-electron chi connectivity index (χ1n) is 8.55. The van der Waals surface area contributed by atoms with Crippen LogP contribution >= 0.6 is 11.3 Å². The van der Waals surface area contributed by atoms with Gasteiger partial charge in [0.05, 0.1) is 17.7 Å². The number of aromatic nitrogens is 1. The number of amides is 2. The number of primary amides is 1. The van der Waals surface area contributed by atoms with Crippen LogP contribution in [0.3, 0.4) is 0 Å². The number of para-hydroxylation sites is 2. The molecule has 0 aliphatic heterocycles. The minimum atomic E-state index is -0.473. The van der Waals surface area contributed by atoms with Gasteiger partial charge in [-0.3, -0.25) is 14.9 Å². The lowest BCUT2D eigenvalue weighted by atomic mass is 10.2. The quantitative estimate of drug-likeness (QED) is 0.541. The van der Waals surface area contributed by atoms with E-state index >= 15 is 0 Å².